The molecule has 0 amide bonds. The van der Waals surface area contributed by atoms with Gasteiger partial charge in [0.2, 0.25) is 0 Å². The molecule has 1 atom stereocenters. The lowest BCUT2D eigenvalue weighted by atomic mass is 10.1. The fourth-order valence-electron chi connectivity index (χ4n) is 2.00. The molecule has 7 heteroatoms. The predicted octanol–water partition coefficient (Wildman–Crippen LogP) is 2.52. The first-order chi connectivity index (χ1) is 9.88. The number of aliphatic hydroxyl groups is 1. The van der Waals surface area contributed by atoms with E-state index in [1.807, 2.05) is 4.90 Å². The van der Waals surface area contributed by atoms with Gasteiger partial charge in [0.05, 0.1) is 18.8 Å². The third kappa shape index (κ3) is 3.78. The van der Waals surface area contributed by atoms with E-state index in [0.717, 1.165) is 18.0 Å². The largest absolute Gasteiger partial charge is 0.387 e. The number of rotatable bonds is 5. The molecule has 0 aliphatic carbocycles. The van der Waals surface area contributed by atoms with Crippen LogP contribution in [0.3, 0.4) is 0 Å². The van der Waals surface area contributed by atoms with Crippen LogP contribution in [-0.2, 0) is 13.6 Å². The number of hydrogen-bond donors (Lipinski definition) is 1. The standard InChI is InChI=1S/C14H16ClF2N3O/c1-19(8-14-18-6-13(15)20(14)2)7-12(21)9-3-4-10(16)11(17)5-9/h3-6,12,21H,7-8H2,1-2H3. The van der Waals surface area contributed by atoms with Crippen molar-refractivity contribution in [2.24, 2.45) is 7.05 Å². The maximum Gasteiger partial charge on any atom is 0.159 e. The van der Waals surface area contributed by atoms with E-state index in [4.69, 9.17) is 11.6 Å². The van der Waals surface area contributed by atoms with Crippen LogP contribution in [0.4, 0.5) is 8.78 Å². The second-order valence-electron chi connectivity index (χ2n) is 4.94. The van der Waals surface area contributed by atoms with E-state index < -0.39 is 17.7 Å². The maximum absolute atomic E-state index is 13.2. The van der Waals surface area contributed by atoms with E-state index in [9.17, 15) is 13.9 Å². The van der Waals surface area contributed by atoms with Gasteiger partial charge in [-0.15, -0.1) is 0 Å². The van der Waals surface area contributed by atoms with Crippen LogP contribution in [-0.4, -0.2) is 33.1 Å². The summed E-state index contributed by atoms with van der Waals surface area (Å²) in [5, 5.41) is 10.6. The van der Waals surface area contributed by atoms with Gasteiger partial charge < -0.3 is 9.67 Å². The number of benzene rings is 1. The number of imidazole rings is 1. The van der Waals surface area contributed by atoms with Crippen LogP contribution < -0.4 is 0 Å². The zero-order valence-electron chi connectivity index (χ0n) is 11.7. The summed E-state index contributed by atoms with van der Waals surface area (Å²) in [7, 11) is 3.59. The van der Waals surface area contributed by atoms with E-state index in [1.54, 1.807) is 24.9 Å². The smallest absolute Gasteiger partial charge is 0.159 e. The van der Waals surface area contributed by atoms with E-state index in [2.05, 4.69) is 4.98 Å². The van der Waals surface area contributed by atoms with Crippen molar-refractivity contribution in [1.82, 2.24) is 14.5 Å². The lowest BCUT2D eigenvalue weighted by Crippen LogP contribution is -2.25. The predicted molar refractivity (Wildman–Crippen MR) is 75.9 cm³/mol. The molecule has 0 fully saturated rings. The Morgan fingerprint density at radius 1 is 1.38 bits per heavy atom. The molecular formula is C14H16ClF2N3O. The minimum atomic E-state index is -0.968. The molecule has 2 rings (SSSR count). The van der Waals surface area contributed by atoms with Gasteiger partial charge in [-0.2, -0.15) is 0 Å². The van der Waals surface area contributed by atoms with Crippen LogP contribution in [0.2, 0.25) is 5.15 Å². The van der Waals surface area contributed by atoms with Crippen molar-refractivity contribution < 1.29 is 13.9 Å². The minimum Gasteiger partial charge on any atom is -0.387 e. The van der Waals surface area contributed by atoms with Gasteiger partial charge in [0.15, 0.2) is 11.6 Å². The monoisotopic (exact) mass is 315 g/mol. The van der Waals surface area contributed by atoms with Gasteiger partial charge >= 0.3 is 0 Å². The molecule has 0 spiro atoms. The lowest BCUT2D eigenvalue weighted by molar-refractivity contribution is 0.121. The molecule has 0 aliphatic rings. The molecule has 1 aromatic heterocycles. The van der Waals surface area contributed by atoms with E-state index in [-0.39, 0.29) is 6.54 Å². The summed E-state index contributed by atoms with van der Waals surface area (Å²) in [6.07, 6.45) is 0.636. The average Bonchev–Trinajstić information content (AvgIpc) is 2.73. The fraction of sp³-hybridized carbons (Fsp3) is 0.357. The number of hydrogen-bond acceptors (Lipinski definition) is 3. The highest BCUT2D eigenvalue weighted by molar-refractivity contribution is 6.29. The number of nitrogens with zero attached hydrogens (tertiary/aromatic N) is 3. The number of likely N-dealkylation sites (N-methyl/N-ethyl adjacent to an activating group) is 1. The molecule has 1 heterocycles. The van der Waals surface area contributed by atoms with Gasteiger partial charge in [-0.25, -0.2) is 13.8 Å². The Morgan fingerprint density at radius 2 is 2.10 bits per heavy atom. The summed E-state index contributed by atoms with van der Waals surface area (Å²) in [4.78, 5) is 5.98. The van der Waals surface area contributed by atoms with Gasteiger partial charge in [-0.1, -0.05) is 17.7 Å². The van der Waals surface area contributed by atoms with Gasteiger partial charge in [0.25, 0.3) is 0 Å². The summed E-state index contributed by atoms with van der Waals surface area (Å²) in [6.45, 7) is 0.736. The molecule has 4 nitrogen and oxygen atoms in total. The number of aromatic nitrogens is 2. The third-order valence-electron chi connectivity index (χ3n) is 3.25. The first kappa shape index (κ1) is 15.9. The van der Waals surface area contributed by atoms with Crippen LogP contribution >= 0.6 is 11.6 Å². The Kier molecular flexibility index (Phi) is 4.92. The first-order valence-electron chi connectivity index (χ1n) is 6.36. The zero-order chi connectivity index (χ0) is 15.6. The van der Waals surface area contributed by atoms with Crippen LogP contribution in [0.15, 0.2) is 24.4 Å². The average molecular weight is 316 g/mol. The maximum atomic E-state index is 13.2. The SMILES string of the molecule is CN(Cc1ncc(Cl)n1C)CC(O)c1ccc(F)c(F)c1. The Hall–Kier alpha value is -1.50. The lowest BCUT2D eigenvalue weighted by Gasteiger charge is -2.20. The summed E-state index contributed by atoms with van der Waals surface area (Å²) >= 11 is 5.90. The summed E-state index contributed by atoms with van der Waals surface area (Å²) < 4.78 is 27.8. The van der Waals surface area contributed by atoms with Crippen LogP contribution in [0.1, 0.15) is 17.5 Å². The van der Waals surface area contributed by atoms with Crippen molar-refractivity contribution in [3.05, 3.63) is 52.6 Å². The van der Waals surface area contributed by atoms with Gasteiger partial charge in [-0.3, -0.25) is 4.90 Å². The molecule has 1 N–H and O–H groups in total. The zero-order valence-corrected chi connectivity index (χ0v) is 12.5. The fourth-order valence-corrected chi connectivity index (χ4v) is 2.14. The third-order valence-corrected chi connectivity index (χ3v) is 3.60. The minimum absolute atomic E-state index is 0.259. The Balaban J connectivity index is 2.00. The second-order valence-corrected chi connectivity index (χ2v) is 5.33. The van der Waals surface area contributed by atoms with E-state index in [1.165, 1.54) is 6.07 Å². The van der Waals surface area contributed by atoms with Crippen molar-refractivity contribution in [3.8, 4) is 0 Å². The quantitative estimate of drug-likeness (QED) is 0.922. The summed E-state index contributed by atoms with van der Waals surface area (Å²) in [5.41, 5.74) is 0.332. The molecule has 2 aromatic rings. The van der Waals surface area contributed by atoms with Crippen molar-refractivity contribution in [3.63, 3.8) is 0 Å². The topological polar surface area (TPSA) is 41.3 Å². The normalized spacial score (nSPS) is 12.9. The van der Waals surface area contributed by atoms with Gasteiger partial charge in [0, 0.05) is 13.6 Å². The van der Waals surface area contributed by atoms with E-state index >= 15 is 0 Å². The highest BCUT2D eigenvalue weighted by Gasteiger charge is 2.15. The Morgan fingerprint density at radius 3 is 2.67 bits per heavy atom. The van der Waals surface area contributed by atoms with Crippen molar-refractivity contribution in [2.45, 2.75) is 12.6 Å². The van der Waals surface area contributed by atoms with Gasteiger partial charge in [0.1, 0.15) is 11.0 Å². The summed E-state index contributed by atoms with van der Waals surface area (Å²) in [6, 6.07) is 3.38. The van der Waals surface area contributed by atoms with Crippen LogP contribution in [0.25, 0.3) is 0 Å². The molecule has 0 saturated heterocycles. The molecular weight excluding hydrogens is 300 g/mol. The first-order valence-corrected chi connectivity index (χ1v) is 6.74. The Bertz CT molecular complexity index is 633. The van der Waals surface area contributed by atoms with Crippen molar-refractivity contribution >= 4 is 11.6 Å². The molecule has 0 saturated carbocycles. The van der Waals surface area contributed by atoms with Gasteiger partial charge in [-0.05, 0) is 24.7 Å². The highest BCUT2D eigenvalue weighted by Crippen LogP contribution is 2.18. The Labute approximate surface area is 126 Å². The number of halogens is 3. The number of aliphatic hydroxyl groups excluding tert-OH is 1. The molecule has 0 bridgehead atoms. The molecule has 114 valence electrons. The summed E-state index contributed by atoms with van der Waals surface area (Å²) in [5.74, 6) is -1.15. The highest BCUT2D eigenvalue weighted by atomic mass is 35.5. The molecule has 0 aliphatic heterocycles. The molecule has 1 unspecified atom stereocenters. The molecule has 0 radical (unpaired) electrons. The molecule has 21 heavy (non-hydrogen) atoms. The van der Waals surface area contributed by atoms with Crippen LogP contribution in [0.5, 0.6) is 0 Å². The van der Waals surface area contributed by atoms with Crippen molar-refractivity contribution in [1.29, 1.82) is 0 Å². The van der Waals surface area contributed by atoms with E-state index in [0.29, 0.717) is 17.3 Å². The van der Waals surface area contributed by atoms with Crippen LogP contribution in [0, 0.1) is 11.6 Å². The second kappa shape index (κ2) is 6.51. The van der Waals surface area contributed by atoms with Crippen molar-refractivity contribution in [2.75, 3.05) is 13.6 Å². The molecule has 1 aromatic carbocycles.